The van der Waals surface area contributed by atoms with Crippen molar-refractivity contribution in [2.45, 2.75) is 6.10 Å². The summed E-state index contributed by atoms with van der Waals surface area (Å²) in [5.74, 6) is 1.58. The van der Waals surface area contributed by atoms with Crippen molar-refractivity contribution in [1.82, 2.24) is 10.3 Å². The van der Waals surface area contributed by atoms with Crippen LogP contribution in [0.3, 0.4) is 0 Å². The van der Waals surface area contributed by atoms with Gasteiger partial charge in [0.2, 0.25) is 0 Å². The Morgan fingerprint density at radius 3 is 2.95 bits per heavy atom. The number of rotatable bonds is 4. The van der Waals surface area contributed by atoms with Crippen LogP contribution in [0.4, 0.5) is 0 Å². The zero-order valence-corrected chi connectivity index (χ0v) is 12.9. The van der Waals surface area contributed by atoms with E-state index in [4.69, 9.17) is 19.2 Å². The first-order valence-corrected chi connectivity index (χ1v) is 7.70. The fraction of sp³-hybridized carbons (Fsp3) is 0.400. The normalized spacial score (nSPS) is 18.5. The second kappa shape index (κ2) is 6.43. The molecular weight excluding hydrogens is 288 g/mol. The highest BCUT2D eigenvalue weighted by Gasteiger charge is 2.20. The molecular formula is C15H18N2O3S. The summed E-state index contributed by atoms with van der Waals surface area (Å²) in [5.41, 5.74) is 1.82. The lowest BCUT2D eigenvalue weighted by molar-refractivity contribution is 0.0276. The minimum Gasteiger partial charge on any atom is -0.497 e. The van der Waals surface area contributed by atoms with Crippen LogP contribution in [0.15, 0.2) is 23.6 Å². The molecule has 0 radical (unpaired) electrons. The summed E-state index contributed by atoms with van der Waals surface area (Å²) in [5, 5.41) is 6.34. The maximum Gasteiger partial charge on any atom is 0.128 e. The Morgan fingerprint density at radius 1 is 1.33 bits per heavy atom. The van der Waals surface area contributed by atoms with Gasteiger partial charge in [-0.15, -0.1) is 11.3 Å². The SMILES string of the molecule is COc1ccc(OC)c(-c2csc(C3CNCCO3)n2)c1. The van der Waals surface area contributed by atoms with E-state index >= 15 is 0 Å². The molecule has 112 valence electrons. The van der Waals surface area contributed by atoms with Crippen LogP contribution in [0.25, 0.3) is 11.3 Å². The predicted molar refractivity (Wildman–Crippen MR) is 82.2 cm³/mol. The second-order valence-electron chi connectivity index (χ2n) is 4.70. The van der Waals surface area contributed by atoms with Crippen molar-refractivity contribution in [3.63, 3.8) is 0 Å². The summed E-state index contributed by atoms with van der Waals surface area (Å²) in [6.07, 6.45) is 0.0362. The van der Waals surface area contributed by atoms with Gasteiger partial charge in [-0.05, 0) is 18.2 Å². The Labute approximate surface area is 127 Å². The molecule has 1 N–H and O–H groups in total. The van der Waals surface area contributed by atoms with Gasteiger partial charge in [0.25, 0.3) is 0 Å². The molecule has 1 unspecified atom stereocenters. The Bertz CT molecular complexity index is 609. The fourth-order valence-electron chi connectivity index (χ4n) is 2.30. The molecule has 1 fully saturated rings. The molecule has 2 heterocycles. The fourth-order valence-corrected chi connectivity index (χ4v) is 3.16. The topological polar surface area (TPSA) is 52.6 Å². The van der Waals surface area contributed by atoms with Crippen LogP contribution in [0.1, 0.15) is 11.1 Å². The largest absolute Gasteiger partial charge is 0.497 e. The second-order valence-corrected chi connectivity index (χ2v) is 5.59. The summed E-state index contributed by atoms with van der Waals surface area (Å²) in [7, 11) is 3.31. The van der Waals surface area contributed by atoms with E-state index in [2.05, 4.69) is 5.32 Å². The van der Waals surface area contributed by atoms with Gasteiger partial charge in [0.15, 0.2) is 0 Å². The molecule has 2 aromatic rings. The van der Waals surface area contributed by atoms with E-state index in [9.17, 15) is 0 Å². The molecule has 1 aromatic heterocycles. The lowest BCUT2D eigenvalue weighted by Gasteiger charge is -2.21. The van der Waals surface area contributed by atoms with E-state index < -0.39 is 0 Å². The van der Waals surface area contributed by atoms with E-state index in [0.29, 0.717) is 0 Å². The number of hydrogen-bond acceptors (Lipinski definition) is 6. The van der Waals surface area contributed by atoms with Crippen LogP contribution < -0.4 is 14.8 Å². The van der Waals surface area contributed by atoms with Gasteiger partial charge in [-0.25, -0.2) is 4.98 Å². The number of morpholine rings is 1. The van der Waals surface area contributed by atoms with Gasteiger partial charge in [0.05, 0.1) is 26.5 Å². The van der Waals surface area contributed by atoms with Gasteiger partial charge in [0, 0.05) is 24.0 Å². The monoisotopic (exact) mass is 306 g/mol. The summed E-state index contributed by atoms with van der Waals surface area (Å²) in [4.78, 5) is 4.71. The number of methoxy groups -OCH3 is 2. The van der Waals surface area contributed by atoms with Crippen molar-refractivity contribution in [1.29, 1.82) is 0 Å². The number of nitrogens with one attached hydrogen (secondary N) is 1. The van der Waals surface area contributed by atoms with Crippen molar-refractivity contribution in [3.8, 4) is 22.8 Å². The average molecular weight is 306 g/mol. The first-order valence-electron chi connectivity index (χ1n) is 6.82. The number of benzene rings is 1. The molecule has 6 heteroatoms. The molecule has 0 aliphatic carbocycles. The maximum atomic E-state index is 5.74. The van der Waals surface area contributed by atoms with E-state index in [0.717, 1.165) is 47.5 Å². The molecule has 0 saturated carbocycles. The van der Waals surface area contributed by atoms with Crippen molar-refractivity contribution in [2.75, 3.05) is 33.9 Å². The minimum atomic E-state index is 0.0362. The lowest BCUT2D eigenvalue weighted by Crippen LogP contribution is -2.33. The molecule has 21 heavy (non-hydrogen) atoms. The van der Waals surface area contributed by atoms with Crippen molar-refractivity contribution in [3.05, 3.63) is 28.6 Å². The van der Waals surface area contributed by atoms with Crippen LogP contribution >= 0.6 is 11.3 Å². The Morgan fingerprint density at radius 2 is 2.24 bits per heavy atom. The number of thiazole rings is 1. The maximum absolute atomic E-state index is 5.74. The van der Waals surface area contributed by atoms with Crippen molar-refractivity contribution in [2.24, 2.45) is 0 Å². The van der Waals surface area contributed by atoms with Gasteiger partial charge in [-0.1, -0.05) is 0 Å². The highest BCUT2D eigenvalue weighted by molar-refractivity contribution is 7.10. The lowest BCUT2D eigenvalue weighted by atomic mass is 10.1. The van der Waals surface area contributed by atoms with Crippen LogP contribution in [-0.4, -0.2) is 38.9 Å². The van der Waals surface area contributed by atoms with Gasteiger partial charge in [-0.3, -0.25) is 0 Å². The zero-order valence-electron chi connectivity index (χ0n) is 12.1. The Balaban J connectivity index is 1.91. The quantitative estimate of drug-likeness (QED) is 0.940. The van der Waals surface area contributed by atoms with Gasteiger partial charge < -0.3 is 19.5 Å². The molecule has 5 nitrogen and oxygen atoms in total. The van der Waals surface area contributed by atoms with Gasteiger partial charge >= 0.3 is 0 Å². The molecule has 3 rings (SSSR count). The van der Waals surface area contributed by atoms with Crippen LogP contribution in [0, 0.1) is 0 Å². The third-order valence-corrected chi connectivity index (χ3v) is 4.34. The predicted octanol–water partition coefficient (Wildman–Crippen LogP) is 2.49. The summed E-state index contributed by atoms with van der Waals surface area (Å²) >= 11 is 1.61. The first kappa shape index (κ1) is 14.3. The minimum absolute atomic E-state index is 0.0362. The Kier molecular flexibility index (Phi) is 4.38. The van der Waals surface area contributed by atoms with E-state index in [1.54, 1.807) is 25.6 Å². The van der Waals surface area contributed by atoms with Crippen LogP contribution in [0.2, 0.25) is 0 Å². The first-order chi connectivity index (χ1) is 10.3. The zero-order chi connectivity index (χ0) is 14.7. The average Bonchev–Trinajstić information content (AvgIpc) is 3.05. The van der Waals surface area contributed by atoms with Crippen molar-refractivity contribution < 1.29 is 14.2 Å². The highest BCUT2D eigenvalue weighted by Crippen LogP contribution is 2.35. The standard InChI is InChI=1S/C15H18N2O3S/c1-18-10-3-4-13(19-2)11(7-10)12-9-21-15(17-12)14-8-16-5-6-20-14/h3-4,7,9,14,16H,5-6,8H2,1-2H3. The highest BCUT2D eigenvalue weighted by atomic mass is 32.1. The molecule has 0 spiro atoms. The molecule has 1 aliphatic heterocycles. The van der Waals surface area contributed by atoms with Crippen LogP contribution in [0.5, 0.6) is 11.5 Å². The molecule has 0 amide bonds. The molecule has 0 bridgehead atoms. The number of hydrogen-bond donors (Lipinski definition) is 1. The molecule has 1 aliphatic rings. The van der Waals surface area contributed by atoms with E-state index in [1.165, 1.54) is 0 Å². The summed E-state index contributed by atoms with van der Waals surface area (Å²) in [6, 6.07) is 5.72. The smallest absolute Gasteiger partial charge is 0.128 e. The van der Waals surface area contributed by atoms with E-state index in [-0.39, 0.29) is 6.10 Å². The third-order valence-electron chi connectivity index (χ3n) is 3.41. The number of ether oxygens (including phenoxy) is 3. The number of nitrogens with zero attached hydrogens (tertiary/aromatic N) is 1. The van der Waals surface area contributed by atoms with Crippen molar-refractivity contribution >= 4 is 11.3 Å². The molecule has 1 aromatic carbocycles. The number of aromatic nitrogens is 1. The van der Waals surface area contributed by atoms with E-state index in [1.807, 2.05) is 23.6 Å². The molecule has 1 saturated heterocycles. The van der Waals surface area contributed by atoms with Crippen LogP contribution in [-0.2, 0) is 4.74 Å². The van der Waals surface area contributed by atoms with Gasteiger partial charge in [-0.2, -0.15) is 0 Å². The Hall–Kier alpha value is -1.63. The van der Waals surface area contributed by atoms with Gasteiger partial charge in [0.1, 0.15) is 22.6 Å². The summed E-state index contributed by atoms with van der Waals surface area (Å²) < 4.78 is 16.4. The summed E-state index contributed by atoms with van der Waals surface area (Å²) in [6.45, 7) is 2.43. The third kappa shape index (κ3) is 3.02. The molecule has 1 atom stereocenters.